The van der Waals surface area contributed by atoms with Gasteiger partial charge in [0.1, 0.15) is 18.3 Å². The number of aliphatic hydroxyl groups excluding tert-OH is 2. The molecule has 2 N–H and O–H groups in total. The van der Waals surface area contributed by atoms with Crippen LogP contribution < -0.4 is 0 Å². The molecule has 0 aromatic heterocycles. The van der Waals surface area contributed by atoms with E-state index < -0.39 is 24.3 Å². The van der Waals surface area contributed by atoms with Crippen molar-refractivity contribution in [3.63, 3.8) is 0 Å². The van der Waals surface area contributed by atoms with Gasteiger partial charge in [-0.05, 0) is 12.8 Å². The van der Waals surface area contributed by atoms with Gasteiger partial charge in [-0.3, -0.25) is 0 Å². The first-order valence-corrected chi connectivity index (χ1v) is 6.04. The first-order chi connectivity index (χ1) is 7.74. The molecule has 1 spiro atoms. The van der Waals surface area contributed by atoms with Crippen molar-refractivity contribution < 1.29 is 24.4 Å². The number of fused-ring (bicyclic) bond motifs is 1. The van der Waals surface area contributed by atoms with Crippen LogP contribution in [0.15, 0.2) is 0 Å². The molecule has 0 bridgehead atoms. The third kappa shape index (κ3) is 1.58. The second-order valence-electron chi connectivity index (χ2n) is 4.88. The molecule has 2 heterocycles. The van der Waals surface area contributed by atoms with Crippen LogP contribution in [0.5, 0.6) is 0 Å². The second kappa shape index (κ2) is 3.92. The van der Waals surface area contributed by atoms with E-state index in [2.05, 4.69) is 0 Å². The lowest BCUT2D eigenvalue weighted by Crippen LogP contribution is -2.37. The highest BCUT2D eigenvalue weighted by Gasteiger charge is 2.57. The number of rotatable bonds is 1. The lowest BCUT2D eigenvalue weighted by atomic mass is 9.94. The van der Waals surface area contributed by atoms with E-state index in [0.717, 1.165) is 25.7 Å². The third-order valence-electron chi connectivity index (χ3n) is 3.78. The maximum absolute atomic E-state index is 9.68. The van der Waals surface area contributed by atoms with Gasteiger partial charge in [0.15, 0.2) is 12.1 Å². The highest BCUT2D eigenvalue weighted by Crippen LogP contribution is 2.45. The summed E-state index contributed by atoms with van der Waals surface area (Å²) < 4.78 is 16.9. The molecule has 0 amide bonds. The molecule has 3 aliphatic rings. The number of hydrogen-bond donors (Lipinski definition) is 2. The maximum Gasteiger partial charge on any atom is 0.184 e. The van der Waals surface area contributed by atoms with Crippen molar-refractivity contribution in [2.75, 3.05) is 6.61 Å². The molecule has 0 aromatic carbocycles. The van der Waals surface area contributed by atoms with Crippen LogP contribution in [0.4, 0.5) is 0 Å². The second-order valence-corrected chi connectivity index (χ2v) is 4.88. The number of hydrogen-bond acceptors (Lipinski definition) is 5. The van der Waals surface area contributed by atoms with Crippen molar-refractivity contribution in [1.82, 2.24) is 0 Å². The first kappa shape index (κ1) is 10.9. The van der Waals surface area contributed by atoms with Crippen molar-refractivity contribution in [2.45, 2.75) is 62.5 Å². The fourth-order valence-electron chi connectivity index (χ4n) is 2.97. The molecule has 1 saturated carbocycles. The summed E-state index contributed by atoms with van der Waals surface area (Å²) in [6.45, 7) is -0.141. The van der Waals surface area contributed by atoms with Crippen molar-refractivity contribution in [1.29, 1.82) is 0 Å². The Morgan fingerprint density at radius 1 is 1.06 bits per heavy atom. The molecule has 5 heteroatoms. The summed E-state index contributed by atoms with van der Waals surface area (Å²) in [6.07, 6.45) is 2.99. The molecule has 3 rings (SSSR count). The minimum absolute atomic E-state index is 0.141. The molecule has 1 aliphatic carbocycles. The summed E-state index contributed by atoms with van der Waals surface area (Å²) in [4.78, 5) is 0. The van der Waals surface area contributed by atoms with Gasteiger partial charge in [-0.15, -0.1) is 0 Å². The van der Waals surface area contributed by atoms with E-state index in [1.807, 2.05) is 0 Å². The monoisotopic (exact) mass is 230 g/mol. The minimum Gasteiger partial charge on any atom is -0.394 e. The first-order valence-electron chi connectivity index (χ1n) is 6.04. The van der Waals surface area contributed by atoms with E-state index in [4.69, 9.17) is 19.3 Å². The average Bonchev–Trinajstić information content (AvgIpc) is 2.78. The Kier molecular flexibility index (Phi) is 2.68. The van der Waals surface area contributed by atoms with Gasteiger partial charge in [-0.25, -0.2) is 0 Å². The Morgan fingerprint density at radius 2 is 1.75 bits per heavy atom. The van der Waals surface area contributed by atoms with Gasteiger partial charge in [-0.1, -0.05) is 6.42 Å². The van der Waals surface area contributed by atoms with Gasteiger partial charge in [-0.2, -0.15) is 0 Å². The summed E-state index contributed by atoms with van der Waals surface area (Å²) in [5.74, 6) is -0.522. The third-order valence-corrected chi connectivity index (χ3v) is 3.78. The Labute approximate surface area is 94.3 Å². The zero-order valence-electron chi connectivity index (χ0n) is 9.17. The predicted octanol–water partition coefficient (Wildman–Crippen LogP) is 0.140. The number of ether oxygens (including phenoxy) is 3. The standard InChI is InChI=1S/C11H18O5/c12-6-7-8-9(10(13)14-7)16-11(15-8)4-2-1-3-5-11/h7-10,12-13H,1-6H2/t7-,8+,9-,10-/m1/s1. The van der Waals surface area contributed by atoms with E-state index in [1.165, 1.54) is 6.42 Å². The zero-order valence-corrected chi connectivity index (χ0v) is 9.17. The highest BCUT2D eigenvalue weighted by molar-refractivity contribution is 4.97. The van der Waals surface area contributed by atoms with Crippen molar-refractivity contribution in [3.05, 3.63) is 0 Å². The average molecular weight is 230 g/mol. The normalized spacial score (nSPS) is 46.1. The van der Waals surface area contributed by atoms with E-state index in [9.17, 15) is 5.11 Å². The Hall–Kier alpha value is -0.200. The fourth-order valence-corrected chi connectivity index (χ4v) is 2.97. The van der Waals surface area contributed by atoms with Gasteiger partial charge >= 0.3 is 0 Å². The smallest absolute Gasteiger partial charge is 0.184 e. The summed E-state index contributed by atoms with van der Waals surface area (Å²) in [6, 6.07) is 0. The van der Waals surface area contributed by atoms with Crippen LogP contribution in [-0.2, 0) is 14.2 Å². The van der Waals surface area contributed by atoms with Crippen molar-refractivity contribution in [3.8, 4) is 0 Å². The molecule has 16 heavy (non-hydrogen) atoms. The molecular weight excluding hydrogens is 212 g/mol. The maximum atomic E-state index is 9.68. The number of aliphatic hydroxyl groups is 2. The molecule has 5 nitrogen and oxygen atoms in total. The fraction of sp³-hybridized carbons (Fsp3) is 1.00. The molecule has 0 aromatic rings. The van der Waals surface area contributed by atoms with Crippen LogP contribution in [0.25, 0.3) is 0 Å². The minimum atomic E-state index is -0.969. The van der Waals surface area contributed by atoms with Crippen molar-refractivity contribution in [2.24, 2.45) is 0 Å². The summed E-state index contributed by atoms with van der Waals surface area (Å²) in [5.41, 5.74) is 0. The molecule has 92 valence electrons. The van der Waals surface area contributed by atoms with Gasteiger partial charge < -0.3 is 24.4 Å². The topological polar surface area (TPSA) is 68.2 Å². The Morgan fingerprint density at radius 3 is 2.44 bits per heavy atom. The predicted molar refractivity (Wildman–Crippen MR) is 53.5 cm³/mol. The van der Waals surface area contributed by atoms with Crippen LogP contribution in [0.3, 0.4) is 0 Å². The van der Waals surface area contributed by atoms with Gasteiger partial charge in [0.05, 0.1) is 6.61 Å². The zero-order chi connectivity index (χ0) is 11.2. The van der Waals surface area contributed by atoms with Crippen molar-refractivity contribution >= 4 is 0 Å². The van der Waals surface area contributed by atoms with E-state index in [1.54, 1.807) is 0 Å². The molecule has 2 aliphatic heterocycles. The quantitative estimate of drug-likeness (QED) is 0.670. The van der Waals surface area contributed by atoms with E-state index >= 15 is 0 Å². The lowest BCUT2D eigenvalue weighted by Gasteiger charge is -2.33. The van der Waals surface area contributed by atoms with Crippen LogP contribution in [0, 0.1) is 0 Å². The van der Waals surface area contributed by atoms with Gasteiger partial charge in [0, 0.05) is 12.8 Å². The Bertz CT molecular complexity index is 263. The molecule has 4 atom stereocenters. The molecule has 0 unspecified atom stereocenters. The van der Waals surface area contributed by atoms with Crippen LogP contribution in [0.1, 0.15) is 32.1 Å². The van der Waals surface area contributed by atoms with Gasteiger partial charge in [0.2, 0.25) is 0 Å². The molecule has 2 saturated heterocycles. The van der Waals surface area contributed by atoms with Crippen LogP contribution in [0.2, 0.25) is 0 Å². The lowest BCUT2D eigenvalue weighted by molar-refractivity contribution is -0.249. The van der Waals surface area contributed by atoms with E-state index in [-0.39, 0.29) is 12.7 Å². The SMILES string of the molecule is OC[C@H]1O[C@@H](O)[C@@H]2OC3(CCCCC3)O[C@H]21. The van der Waals surface area contributed by atoms with E-state index in [0.29, 0.717) is 0 Å². The van der Waals surface area contributed by atoms with Crippen LogP contribution in [-0.4, -0.2) is 47.2 Å². The van der Waals surface area contributed by atoms with Crippen LogP contribution >= 0.6 is 0 Å². The summed E-state index contributed by atoms with van der Waals surface area (Å²) >= 11 is 0. The molecule has 3 fully saturated rings. The Balaban J connectivity index is 1.76. The largest absolute Gasteiger partial charge is 0.394 e. The highest BCUT2D eigenvalue weighted by atomic mass is 16.8. The molecule has 0 radical (unpaired) electrons. The summed E-state index contributed by atoms with van der Waals surface area (Å²) in [7, 11) is 0. The van der Waals surface area contributed by atoms with Gasteiger partial charge in [0.25, 0.3) is 0 Å². The summed E-state index contributed by atoms with van der Waals surface area (Å²) in [5, 5.41) is 18.8. The molecular formula is C11H18O5.